The van der Waals surface area contributed by atoms with Crippen LogP contribution >= 0.6 is 0 Å². The average Bonchev–Trinajstić information content (AvgIpc) is 2.67. The zero-order chi connectivity index (χ0) is 12.9. The lowest BCUT2D eigenvalue weighted by Gasteiger charge is -2.24. The number of hydrogen-bond acceptors (Lipinski definition) is 2. The lowest BCUT2D eigenvalue weighted by Crippen LogP contribution is -2.29. The zero-order valence-corrected chi connectivity index (χ0v) is 13.1. The van der Waals surface area contributed by atoms with Crippen molar-refractivity contribution in [3.8, 4) is 0 Å². The fourth-order valence-corrected chi connectivity index (χ4v) is 3.75. The summed E-state index contributed by atoms with van der Waals surface area (Å²) in [6, 6.07) is 3.70. The summed E-state index contributed by atoms with van der Waals surface area (Å²) < 4.78 is 10.9. The molecule has 0 aliphatic heterocycles. The van der Waals surface area contributed by atoms with Crippen LogP contribution in [0.1, 0.15) is 32.1 Å². The fourth-order valence-electron chi connectivity index (χ4n) is 2.86. The van der Waals surface area contributed by atoms with Gasteiger partial charge in [-0.25, -0.2) is 0 Å². The summed E-state index contributed by atoms with van der Waals surface area (Å²) >= 11 is 0. The van der Waals surface area contributed by atoms with Gasteiger partial charge in [0.15, 0.2) is 0 Å². The molecule has 17 heavy (non-hydrogen) atoms. The lowest BCUT2D eigenvalue weighted by molar-refractivity contribution is 0.253. The molecule has 1 aliphatic rings. The third kappa shape index (κ3) is 5.15. The standard InChI is InChI=1S/C13H27BO2Si/c1-15-14(16-2)13-10-6-8-12(13)9-7-11-17(3,4)5/h12-13H,6-10H2,1-5H3. The highest BCUT2D eigenvalue weighted by molar-refractivity contribution is 6.79. The van der Waals surface area contributed by atoms with Gasteiger partial charge in [0.05, 0.1) is 8.07 Å². The average molecular weight is 254 g/mol. The van der Waals surface area contributed by atoms with Crippen molar-refractivity contribution in [2.24, 2.45) is 5.92 Å². The Hall–Kier alpha value is 0.202. The first-order valence-corrected chi connectivity index (χ1v) is 10.3. The second-order valence-corrected chi connectivity index (χ2v) is 11.0. The molecule has 2 radical (unpaired) electrons. The Morgan fingerprint density at radius 2 is 1.82 bits per heavy atom. The minimum Gasteiger partial charge on any atom is -0.414 e. The summed E-state index contributed by atoms with van der Waals surface area (Å²) in [5.74, 6) is 1.36. The van der Waals surface area contributed by atoms with E-state index in [-0.39, 0.29) is 7.12 Å². The van der Waals surface area contributed by atoms with Gasteiger partial charge >= 0.3 is 7.12 Å². The van der Waals surface area contributed by atoms with Crippen LogP contribution in [0.25, 0.3) is 0 Å². The molecule has 0 spiro atoms. The molecule has 0 heterocycles. The topological polar surface area (TPSA) is 18.5 Å². The quantitative estimate of drug-likeness (QED) is 0.645. The van der Waals surface area contributed by atoms with Gasteiger partial charge in [0.2, 0.25) is 0 Å². The first-order chi connectivity index (χ1) is 7.98. The van der Waals surface area contributed by atoms with Crippen LogP contribution in [0.15, 0.2) is 0 Å². The van der Waals surface area contributed by atoms with Crippen molar-refractivity contribution in [2.45, 2.75) is 57.6 Å². The molecule has 2 atom stereocenters. The molecule has 0 amide bonds. The van der Waals surface area contributed by atoms with Crippen LogP contribution in [-0.4, -0.2) is 29.4 Å². The van der Waals surface area contributed by atoms with Crippen LogP contribution in [0.4, 0.5) is 0 Å². The molecule has 1 rings (SSSR count). The minimum absolute atomic E-state index is 0.00520. The second-order valence-electron chi connectivity index (χ2n) is 6.16. The lowest BCUT2D eigenvalue weighted by atomic mass is 9.65. The third-order valence-corrected chi connectivity index (χ3v) is 5.01. The molecule has 98 valence electrons. The van der Waals surface area contributed by atoms with Crippen LogP contribution in [0, 0.1) is 12.0 Å². The Kier molecular flexibility index (Phi) is 6.24. The van der Waals surface area contributed by atoms with E-state index >= 15 is 0 Å². The molecular weight excluding hydrogens is 227 g/mol. The molecule has 1 aliphatic carbocycles. The van der Waals surface area contributed by atoms with Gasteiger partial charge in [0.25, 0.3) is 0 Å². The van der Waals surface area contributed by atoms with Crippen LogP contribution in [0.5, 0.6) is 0 Å². The van der Waals surface area contributed by atoms with Crippen molar-refractivity contribution in [1.82, 2.24) is 0 Å². The molecule has 1 saturated carbocycles. The van der Waals surface area contributed by atoms with Gasteiger partial charge in [-0.1, -0.05) is 45.3 Å². The van der Waals surface area contributed by atoms with Gasteiger partial charge in [-0.15, -0.1) is 0 Å². The van der Waals surface area contributed by atoms with E-state index in [9.17, 15) is 0 Å². The van der Waals surface area contributed by atoms with Crippen LogP contribution < -0.4 is 0 Å². The summed E-state index contributed by atoms with van der Waals surface area (Å²) in [5.41, 5.74) is 0. The summed E-state index contributed by atoms with van der Waals surface area (Å²) in [6.45, 7) is 7.06. The SMILES string of the molecule is COB(OC)C1CCCC1CC[C][Si](C)(C)C. The molecule has 0 aromatic rings. The van der Waals surface area contributed by atoms with Crippen molar-refractivity contribution in [1.29, 1.82) is 0 Å². The molecule has 0 bridgehead atoms. The minimum atomic E-state index is -1.11. The van der Waals surface area contributed by atoms with E-state index < -0.39 is 8.07 Å². The van der Waals surface area contributed by atoms with E-state index in [0.717, 1.165) is 12.3 Å². The Morgan fingerprint density at radius 1 is 1.18 bits per heavy atom. The van der Waals surface area contributed by atoms with Gasteiger partial charge in [0.1, 0.15) is 0 Å². The third-order valence-electron chi connectivity index (χ3n) is 3.70. The highest BCUT2D eigenvalue weighted by atomic mass is 28.3. The number of hydrogen-bond donors (Lipinski definition) is 0. The fraction of sp³-hybridized carbons (Fsp3) is 0.923. The molecule has 1 fully saturated rings. The molecule has 2 nitrogen and oxygen atoms in total. The Morgan fingerprint density at radius 3 is 2.35 bits per heavy atom. The van der Waals surface area contributed by atoms with E-state index in [4.69, 9.17) is 9.31 Å². The van der Waals surface area contributed by atoms with Gasteiger partial charge in [0, 0.05) is 14.2 Å². The second kappa shape index (κ2) is 6.96. The largest absolute Gasteiger partial charge is 0.460 e. The molecule has 0 aromatic heterocycles. The van der Waals surface area contributed by atoms with Gasteiger partial charge < -0.3 is 9.31 Å². The van der Waals surface area contributed by atoms with Gasteiger partial charge in [-0.3, -0.25) is 0 Å². The Labute approximate surface area is 109 Å². The molecule has 0 N–H and O–H groups in total. The van der Waals surface area contributed by atoms with Crippen molar-refractivity contribution in [2.75, 3.05) is 14.2 Å². The van der Waals surface area contributed by atoms with Gasteiger partial charge in [-0.05, 0) is 24.2 Å². The molecular formula is C13H27BO2Si. The van der Waals surface area contributed by atoms with E-state index in [1.165, 1.54) is 25.7 Å². The predicted octanol–water partition coefficient (Wildman–Crippen LogP) is 3.68. The van der Waals surface area contributed by atoms with Crippen molar-refractivity contribution >= 4 is 15.2 Å². The van der Waals surface area contributed by atoms with Crippen LogP contribution in [-0.2, 0) is 9.31 Å². The monoisotopic (exact) mass is 254 g/mol. The maximum absolute atomic E-state index is 5.43. The van der Waals surface area contributed by atoms with E-state index in [0.29, 0.717) is 5.82 Å². The summed E-state index contributed by atoms with van der Waals surface area (Å²) in [7, 11) is 2.39. The molecule has 0 saturated heterocycles. The van der Waals surface area contributed by atoms with E-state index in [1.807, 2.05) is 0 Å². The van der Waals surface area contributed by atoms with Gasteiger partial charge in [-0.2, -0.15) is 0 Å². The first kappa shape index (κ1) is 15.3. The van der Waals surface area contributed by atoms with Crippen LogP contribution in [0.2, 0.25) is 25.5 Å². The molecule has 4 heteroatoms. The summed E-state index contributed by atoms with van der Waals surface area (Å²) in [6.07, 6.45) is 6.33. The highest BCUT2D eigenvalue weighted by Crippen LogP contribution is 2.42. The smallest absolute Gasteiger partial charge is 0.414 e. The number of rotatable bonds is 7. The summed E-state index contributed by atoms with van der Waals surface area (Å²) in [5, 5.41) is 0. The summed E-state index contributed by atoms with van der Waals surface area (Å²) in [4.78, 5) is 0. The predicted molar refractivity (Wildman–Crippen MR) is 76.7 cm³/mol. The van der Waals surface area contributed by atoms with E-state index in [2.05, 4.69) is 25.7 Å². The van der Waals surface area contributed by atoms with Crippen molar-refractivity contribution in [3.63, 3.8) is 0 Å². The van der Waals surface area contributed by atoms with Crippen molar-refractivity contribution < 1.29 is 9.31 Å². The highest BCUT2D eigenvalue weighted by Gasteiger charge is 2.38. The maximum Gasteiger partial charge on any atom is 0.460 e. The maximum atomic E-state index is 5.43. The van der Waals surface area contributed by atoms with E-state index in [1.54, 1.807) is 14.2 Å². The van der Waals surface area contributed by atoms with Crippen LogP contribution in [0.3, 0.4) is 0 Å². The first-order valence-electron chi connectivity index (χ1n) is 6.78. The normalized spacial score (nSPS) is 25.2. The Bertz CT molecular complexity index is 214. The zero-order valence-electron chi connectivity index (χ0n) is 12.1. The Balaban J connectivity index is 2.36. The van der Waals surface area contributed by atoms with Crippen molar-refractivity contribution in [3.05, 3.63) is 6.04 Å². The molecule has 2 unspecified atom stereocenters. The molecule has 0 aromatic carbocycles.